The molecule has 0 fully saturated rings. The van der Waals surface area contributed by atoms with E-state index >= 15 is 0 Å². The minimum absolute atomic E-state index is 0.0645. The summed E-state index contributed by atoms with van der Waals surface area (Å²) in [6.45, 7) is 1.87. The standard InChI is InChI=1S/C12H16N2O2S/c1-9(15)6-7-13-12(16)14-10-4-3-5-11(8-10)17-2/h3-5,8H,6-7H2,1-2H3,(H2,13,14,16). The molecule has 0 heterocycles. The zero-order valence-corrected chi connectivity index (χ0v) is 10.8. The second-order valence-electron chi connectivity index (χ2n) is 3.56. The molecule has 0 aliphatic heterocycles. The van der Waals surface area contributed by atoms with E-state index in [0.29, 0.717) is 13.0 Å². The van der Waals surface area contributed by atoms with Crippen molar-refractivity contribution in [2.45, 2.75) is 18.2 Å². The van der Waals surface area contributed by atoms with Crippen molar-refractivity contribution in [2.75, 3.05) is 18.1 Å². The van der Waals surface area contributed by atoms with Crippen LogP contribution in [0.4, 0.5) is 10.5 Å². The highest BCUT2D eigenvalue weighted by Gasteiger charge is 2.02. The Hall–Kier alpha value is -1.49. The predicted molar refractivity (Wildman–Crippen MR) is 70.5 cm³/mol. The molecule has 1 aromatic rings. The summed E-state index contributed by atoms with van der Waals surface area (Å²) in [5, 5.41) is 5.34. The van der Waals surface area contributed by atoms with Crippen molar-refractivity contribution in [2.24, 2.45) is 0 Å². The minimum Gasteiger partial charge on any atom is -0.337 e. The molecule has 2 amide bonds. The van der Waals surface area contributed by atoms with Gasteiger partial charge in [-0.1, -0.05) is 6.07 Å². The zero-order chi connectivity index (χ0) is 12.7. The van der Waals surface area contributed by atoms with E-state index in [2.05, 4.69) is 10.6 Å². The van der Waals surface area contributed by atoms with E-state index in [9.17, 15) is 9.59 Å². The number of hydrogen-bond acceptors (Lipinski definition) is 3. The van der Waals surface area contributed by atoms with Crippen molar-refractivity contribution in [3.63, 3.8) is 0 Å². The summed E-state index contributed by atoms with van der Waals surface area (Å²) in [5.41, 5.74) is 0.747. The molecule has 5 heteroatoms. The molecular formula is C12H16N2O2S. The van der Waals surface area contributed by atoms with Crippen molar-refractivity contribution in [3.05, 3.63) is 24.3 Å². The molecule has 0 atom stereocenters. The lowest BCUT2D eigenvalue weighted by atomic mass is 10.3. The molecule has 0 aliphatic rings. The first-order valence-corrected chi connectivity index (χ1v) is 6.52. The molecule has 4 nitrogen and oxygen atoms in total. The first-order chi connectivity index (χ1) is 8.11. The lowest BCUT2D eigenvalue weighted by molar-refractivity contribution is -0.116. The maximum atomic E-state index is 11.5. The number of hydrogen-bond donors (Lipinski definition) is 2. The van der Waals surface area contributed by atoms with Crippen LogP contribution in [0.1, 0.15) is 13.3 Å². The average molecular weight is 252 g/mol. The number of thioether (sulfide) groups is 1. The van der Waals surface area contributed by atoms with Crippen LogP contribution in [0.2, 0.25) is 0 Å². The third-order valence-corrected chi connectivity index (χ3v) is 2.82. The fourth-order valence-corrected chi connectivity index (χ4v) is 1.69. The van der Waals surface area contributed by atoms with E-state index in [4.69, 9.17) is 0 Å². The number of urea groups is 1. The first kappa shape index (κ1) is 13.6. The first-order valence-electron chi connectivity index (χ1n) is 5.30. The summed E-state index contributed by atoms with van der Waals surface area (Å²) < 4.78 is 0. The van der Waals surface area contributed by atoms with Crippen molar-refractivity contribution < 1.29 is 9.59 Å². The molecule has 0 spiro atoms. The third kappa shape index (κ3) is 5.40. The maximum Gasteiger partial charge on any atom is 0.319 e. The summed E-state index contributed by atoms with van der Waals surface area (Å²) in [4.78, 5) is 23.2. The average Bonchev–Trinajstić information content (AvgIpc) is 2.28. The number of nitrogens with one attached hydrogen (secondary N) is 2. The lowest BCUT2D eigenvalue weighted by Crippen LogP contribution is -2.30. The number of Topliss-reactive ketones (excluding diaryl/α,β-unsaturated/α-hetero) is 1. The van der Waals surface area contributed by atoms with Crippen LogP contribution < -0.4 is 10.6 Å². The molecule has 0 bridgehead atoms. The molecular weight excluding hydrogens is 236 g/mol. The number of carbonyl (C=O) groups is 2. The van der Waals surface area contributed by atoms with Crippen LogP contribution in [-0.4, -0.2) is 24.6 Å². The Morgan fingerprint density at radius 1 is 1.35 bits per heavy atom. The monoisotopic (exact) mass is 252 g/mol. The fraction of sp³-hybridized carbons (Fsp3) is 0.333. The SMILES string of the molecule is CSc1cccc(NC(=O)NCCC(C)=O)c1. The maximum absolute atomic E-state index is 11.5. The van der Waals surface area contributed by atoms with Crippen LogP contribution >= 0.6 is 11.8 Å². The van der Waals surface area contributed by atoms with Crippen LogP contribution in [0.25, 0.3) is 0 Å². The van der Waals surface area contributed by atoms with Gasteiger partial charge in [0.15, 0.2) is 0 Å². The van der Waals surface area contributed by atoms with Crippen LogP contribution in [0.3, 0.4) is 0 Å². The van der Waals surface area contributed by atoms with E-state index in [0.717, 1.165) is 10.6 Å². The predicted octanol–water partition coefficient (Wildman–Crippen LogP) is 2.51. The summed E-state index contributed by atoms with van der Waals surface area (Å²) >= 11 is 1.62. The molecule has 1 aromatic carbocycles. The Morgan fingerprint density at radius 3 is 2.76 bits per heavy atom. The van der Waals surface area contributed by atoms with Gasteiger partial charge in [0.1, 0.15) is 5.78 Å². The Labute approximate surface area is 105 Å². The van der Waals surface area contributed by atoms with Gasteiger partial charge in [0.05, 0.1) is 0 Å². The molecule has 0 aliphatic carbocycles. The van der Waals surface area contributed by atoms with Crippen LogP contribution in [0, 0.1) is 0 Å². The molecule has 1 rings (SSSR count). The summed E-state index contributed by atoms with van der Waals surface area (Å²) in [6.07, 6.45) is 2.34. The van der Waals surface area contributed by atoms with Gasteiger partial charge in [-0.2, -0.15) is 0 Å². The highest BCUT2D eigenvalue weighted by molar-refractivity contribution is 7.98. The Balaban J connectivity index is 2.42. The largest absolute Gasteiger partial charge is 0.337 e. The van der Waals surface area contributed by atoms with Crippen molar-refractivity contribution in [3.8, 4) is 0 Å². The number of anilines is 1. The normalized spacial score (nSPS) is 9.76. The fourth-order valence-electron chi connectivity index (χ4n) is 1.23. The van der Waals surface area contributed by atoms with Crippen LogP contribution in [-0.2, 0) is 4.79 Å². The number of ketones is 1. The topological polar surface area (TPSA) is 58.2 Å². The zero-order valence-electron chi connectivity index (χ0n) is 9.95. The second-order valence-corrected chi connectivity index (χ2v) is 4.44. The van der Waals surface area contributed by atoms with Gasteiger partial charge in [-0.15, -0.1) is 11.8 Å². The van der Waals surface area contributed by atoms with Gasteiger partial charge in [0, 0.05) is 23.5 Å². The van der Waals surface area contributed by atoms with Gasteiger partial charge in [-0.25, -0.2) is 4.79 Å². The molecule has 2 N–H and O–H groups in total. The van der Waals surface area contributed by atoms with Crippen molar-refractivity contribution in [1.82, 2.24) is 5.32 Å². The molecule has 0 saturated carbocycles. The van der Waals surface area contributed by atoms with Gasteiger partial charge < -0.3 is 10.6 Å². The van der Waals surface area contributed by atoms with Crippen LogP contribution in [0.15, 0.2) is 29.2 Å². The van der Waals surface area contributed by atoms with Gasteiger partial charge in [-0.3, -0.25) is 4.79 Å². The van der Waals surface area contributed by atoms with Gasteiger partial charge in [0.25, 0.3) is 0 Å². The van der Waals surface area contributed by atoms with Gasteiger partial charge in [0.2, 0.25) is 0 Å². The second kappa shape index (κ2) is 6.96. The summed E-state index contributed by atoms with van der Waals surface area (Å²) in [5.74, 6) is 0.0645. The van der Waals surface area contributed by atoms with E-state index in [1.807, 2.05) is 30.5 Å². The number of benzene rings is 1. The molecule has 0 saturated heterocycles. The number of amides is 2. The number of carbonyl (C=O) groups excluding carboxylic acids is 2. The van der Waals surface area contributed by atoms with Crippen molar-refractivity contribution in [1.29, 1.82) is 0 Å². The molecule has 0 radical (unpaired) electrons. The quantitative estimate of drug-likeness (QED) is 0.792. The lowest BCUT2D eigenvalue weighted by Gasteiger charge is -2.07. The van der Waals surface area contributed by atoms with Crippen molar-refractivity contribution >= 4 is 29.3 Å². The molecule has 0 unspecified atom stereocenters. The Bertz CT molecular complexity index is 407. The molecule has 17 heavy (non-hydrogen) atoms. The van der Waals surface area contributed by atoms with Gasteiger partial charge in [-0.05, 0) is 31.4 Å². The van der Waals surface area contributed by atoms with E-state index in [1.54, 1.807) is 11.8 Å². The highest BCUT2D eigenvalue weighted by atomic mass is 32.2. The molecule has 0 aromatic heterocycles. The highest BCUT2D eigenvalue weighted by Crippen LogP contribution is 2.18. The smallest absolute Gasteiger partial charge is 0.319 e. The third-order valence-electron chi connectivity index (χ3n) is 2.09. The van der Waals surface area contributed by atoms with Crippen LogP contribution in [0.5, 0.6) is 0 Å². The summed E-state index contributed by atoms with van der Waals surface area (Å²) in [7, 11) is 0. The Kier molecular flexibility index (Phi) is 5.56. The van der Waals surface area contributed by atoms with E-state index < -0.39 is 0 Å². The minimum atomic E-state index is -0.287. The summed E-state index contributed by atoms with van der Waals surface area (Å²) in [6, 6.07) is 7.30. The Morgan fingerprint density at radius 2 is 2.12 bits per heavy atom. The van der Waals surface area contributed by atoms with E-state index in [-0.39, 0.29) is 11.8 Å². The van der Waals surface area contributed by atoms with E-state index in [1.165, 1.54) is 6.92 Å². The van der Waals surface area contributed by atoms with Gasteiger partial charge >= 0.3 is 6.03 Å². The molecule has 92 valence electrons. The number of rotatable bonds is 5.